The second-order valence-electron chi connectivity index (χ2n) is 10.1. The molecule has 0 heterocycles. The Bertz CT molecular complexity index is 707. The summed E-state index contributed by atoms with van der Waals surface area (Å²) in [5, 5.41) is 3.13. The monoisotopic (exact) mass is 716 g/mol. The molecule has 39 heavy (non-hydrogen) atoms. The molecule has 0 aromatic carbocycles. The Hall–Kier alpha value is 0.228. The fourth-order valence-electron chi connectivity index (χ4n) is 4.31. The van der Waals surface area contributed by atoms with Crippen LogP contribution in [0.2, 0.25) is 0 Å². The standard InChI is InChI=1S/2C11H18P.C8H12.BF4.Fe.Rh/c2*1-9(2)12(10(3)4)11-7-5-6-8-11;1-2-4-6-8-7-5-3-1;2-1(3,4)5;;/h2*5-10H,1-4H3;1-2,7-8H,3-6H2;;;/q;;;-1;;/b;;2-1-,8-7-;;;. The molecule has 0 nitrogen and oxygen atoms in total. The molecule has 3 aliphatic carbocycles. The Morgan fingerprint density at radius 2 is 0.769 bits per heavy atom. The molecule has 0 fully saturated rings. The van der Waals surface area contributed by atoms with Crippen LogP contribution in [0.25, 0.3) is 0 Å². The number of hydrogen-bond acceptors (Lipinski definition) is 0. The summed E-state index contributed by atoms with van der Waals surface area (Å²) in [6.45, 7) is 18.7. The van der Waals surface area contributed by atoms with E-state index in [9.17, 15) is 17.3 Å². The number of halogens is 4. The van der Waals surface area contributed by atoms with Crippen molar-refractivity contribution in [1.29, 1.82) is 0 Å². The molecule has 0 aromatic heterocycles. The van der Waals surface area contributed by atoms with Gasteiger partial charge >= 0.3 is 7.25 Å². The van der Waals surface area contributed by atoms with Crippen LogP contribution in [0.15, 0.2) is 71.4 Å². The Balaban J connectivity index is -0.000000455. The van der Waals surface area contributed by atoms with E-state index in [1.54, 1.807) is 10.6 Å². The molecule has 0 N–H and O–H groups in total. The van der Waals surface area contributed by atoms with Crippen LogP contribution in [0.3, 0.4) is 0 Å². The molecule has 9 heteroatoms. The van der Waals surface area contributed by atoms with Crippen LogP contribution < -0.4 is 0 Å². The average molecular weight is 716 g/mol. The fraction of sp³-hybridized carbons (Fsp3) is 0.533. The van der Waals surface area contributed by atoms with Crippen molar-refractivity contribution < 1.29 is 53.8 Å². The molecule has 0 saturated heterocycles. The van der Waals surface area contributed by atoms with Crippen LogP contribution in [-0.4, -0.2) is 29.9 Å². The SMILES string of the molecule is C1=C\CC/C=C\CC/1.CC(C)P(C1=CC=C[CH]1)C(C)C.CC(C)P(C1=CC=C[CH]1)C(C)C.F[B-](F)(F)F.[Fe].[Rh]. The molecule has 0 amide bonds. The molecule has 0 aliphatic heterocycles. The third kappa shape index (κ3) is 23.5. The van der Waals surface area contributed by atoms with Gasteiger partial charge in [0.05, 0.1) is 0 Å². The van der Waals surface area contributed by atoms with E-state index in [-0.39, 0.29) is 52.4 Å². The van der Waals surface area contributed by atoms with Gasteiger partial charge in [0.15, 0.2) is 0 Å². The maximum atomic E-state index is 9.75. The van der Waals surface area contributed by atoms with Gasteiger partial charge in [0.2, 0.25) is 0 Å². The first-order chi connectivity index (χ1) is 17.3. The Labute approximate surface area is 263 Å². The Morgan fingerprint density at radius 1 is 0.538 bits per heavy atom. The average Bonchev–Trinajstić information content (AvgIpc) is 3.41. The first-order valence-electron chi connectivity index (χ1n) is 13.4. The van der Waals surface area contributed by atoms with Gasteiger partial charge in [-0.1, -0.05) is 132 Å². The summed E-state index contributed by atoms with van der Waals surface area (Å²) in [7, 11) is -5.87. The summed E-state index contributed by atoms with van der Waals surface area (Å²) in [5.74, 6) is 0. The van der Waals surface area contributed by atoms with Crippen molar-refractivity contribution in [3.63, 3.8) is 0 Å². The fourth-order valence-corrected chi connectivity index (χ4v) is 10.1. The van der Waals surface area contributed by atoms with E-state index in [4.69, 9.17) is 0 Å². The van der Waals surface area contributed by atoms with E-state index in [0.29, 0.717) is 0 Å². The predicted octanol–water partition coefficient (Wildman–Crippen LogP) is 11.9. The minimum Gasteiger partial charge on any atom is -0.418 e. The van der Waals surface area contributed by atoms with E-state index in [0.717, 1.165) is 22.6 Å². The van der Waals surface area contributed by atoms with Crippen molar-refractivity contribution in [2.45, 2.75) is 104 Å². The van der Waals surface area contributed by atoms with Gasteiger partial charge in [-0.15, -0.1) is 0 Å². The van der Waals surface area contributed by atoms with Crippen LogP contribution in [0.4, 0.5) is 17.3 Å². The third-order valence-corrected chi connectivity index (χ3v) is 11.7. The summed E-state index contributed by atoms with van der Waals surface area (Å²) in [6, 6.07) is 0. The van der Waals surface area contributed by atoms with Crippen LogP contribution in [-0.2, 0) is 36.5 Å². The van der Waals surface area contributed by atoms with Crippen molar-refractivity contribution >= 4 is 23.1 Å². The van der Waals surface area contributed by atoms with Crippen LogP contribution in [0.5, 0.6) is 0 Å². The van der Waals surface area contributed by atoms with Gasteiger partial charge in [0.25, 0.3) is 0 Å². The van der Waals surface area contributed by atoms with Gasteiger partial charge < -0.3 is 17.3 Å². The topological polar surface area (TPSA) is 0 Å². The van der Waals surface area contributed by atoms with Crippen molar-refractivity contribution in [2.24, 2.45) is 0 Å². The zero-order chi connectivity index (χ0) is 28.4. The molecular formula is C30H48BF4FeP2Rh-. The predicted molar refractivity (Wildman–Crippen MR) is 164 cm³/mol. The second-order valence-corrected chi connectivity index (χ2v) is 16.9. The van der Waals surface area contributed by atoms with Crippen molar-refractivity contribution in [2.75, 3.05) is 0 Å². The molecule has 0 spiro atoms. The summed E-state index contributed by atoms with van der Waals surface area (Å²) >= 11 is 0. The molecule has 3 aliphatic rings. The van der Waals surface area contributed by atoms with Crippen LogP contribution >= 0.6 is 15.8 Å². The number of hydrogen-bond donors (Lipinski definition) is 0. The first-order valence-corrected chi connectivity index (χ1v) is 16.4. The van der Waals surface area contributed by atoms with Crippen molar-refractivity contribution in [3.8, 4) is 0 Å². The van der Waals surface area contributed by atoms with Gasteiger partial charge in [-0.25, -0.2) is 0 Å². The van der Waals surface area contributed by atoms with Gasteiger partial charge in [-0.3, -0.25) is 0 Å². The van der Waals surface area contributed by atoms with Crippen LogP contribution in [0.1, 0.15) is 81.1 Å². The van der Waals surface area contributed by atoms with E-state index >= 15 is 0 Å². The molecule has 0 atom stereocenters. The van der Waals surface area contributed by atoms with Gasteiger partial charge in [-0.2, -0.15) is 0 Å². The smallest absolute Gasteiger partial charge is 0.418 e. The third-order valence-electron chi connectivity index (χ3n) is 5.45. The largest absolute Gasteiger partial charge is 0.673 e. The van der Waals surface area contributed by atoms with Crippen LogP contribution in [0, 0.1) is 12.8 Å². The van der Waals surface area contributed by atoms with E-state index < -0.39 is 7.25 Å². The van der Waals surface area contributed by atoms with E-state index in [2.05, 4.69) is 129 Å². The van der Waals surface area contributed by atoms with Gasteiger partial charge in [0.1, 0.15) is 0 Å². The summed E-state index contributed by atoms with van der Waals surface area (Å²) in [5.41, 5.74) is 3.23. The van der Waals surface area contributed by atoms with E-state index in [1.165, 1.54) is 25.7 Å². The number of allylic oxidation sites excluding steroid dienone is 12. The van der Waals surface area contributed by atoms with Crippen molar-refractivity contribution in [3.05, 3.63) is 84.2 Å². The quantitative estimate of drug-likeness (QED) is 0.111. The normalized spacial score (nSPS) is 17.6. The molecule has 3 rings (SSSR count). The van der Waals surface area contributed by atoms with Crippen molar-refractivity contribution in [1.82, 2.24) is 0 Å². The maximum Gasteiger partial charge on any atom is 0.673 e. The first kappa shape index (κ1) is 43.7. The molecule has 0 unspecified atom stereocenters. The van der Waals surface area contributed by atoms with Gasteiger partial charge in [0, 0.05) is 49.4 Å². The Kier molecular flexibility index (Phi) is 27.8. The zero-order valence-electron chi connectivity index (χ0n) is 24.7. The zero-order valence-corrected chi connectivity index (χ0v) is 29.3. The molecular weight excluding hydrogens is 668 g/mol. The molecule has 0 saturated carbocycles. The summed E-state index contributed by atoms with van der Waals surface area (Å²) in [4.78, 5) is 0. The van der Waals surface area contributed by atoms with E-state index in [1.807, 2.05) is 0 Å². The Morgan fingerprint density at radius 3 is 0.923 bits per heavy atom. The molecule has 227 valence electrons. The van der Waals surface area contributed by atoms with Gasteiger partial charge in [-0.05, 0) is 58.9 Å². The minimum atomic E-state index is -6.00. The minimum absolute atomic E-state index is 0. The summed E-state index contributed by atoms with van der Waals surface area (Å²) in [6.07, 6.45) is 31.7. The second kappa shape index (κ2) is 24.8. The molecule has 3 radical (unpaired) electrons. The number of rotatable bonds is 6. The maximum absolute atomic E-state index is 9.75. The molecule has 0 aromatic rings. The molecule has 0 bridgehead atoms. The summed E-state index contributed by atoms with van der Waals surface area (Å²) < 4.78 is 39.0.